The molecule has 4 N–H and O–H groups in total. The molecule has 0 rings (SSSR count). The summed E-state index contributed by atoms with van der Waals surface area (Å²) in [6.45, 7) is 0. The van der Waals surface area contributed by atoms with Crippen molar-refractivity contribution in [2.24, 2.45) is 10.8 Å². The van der Waals surface area contributed by atoms with Crippen LogP contribution in [0.3, 0.4) is 0 Å². The highest BCUT2D eigenvalue weighted by molar-refractivity contribution is 6.51. The third kappa shape index (κ3) is 3.83. The predicted octanol–water partition coefficient (Wildman–Crippen LogP) is 3.89. The van der Waals surface area contributed by atoms with Gasteiger partial charge in [-0.3, -0.25) is 0 Å². The van der Waals surface area contributed by atoms with Gasteiger partial charge in [-0.2, -0.15) is 65.9 Å². The minimum Gasteiger partial charge on any atom is -0.342 e. The Morgan fingerprint density at radius 1 is 0.481 bits per heavy atom. The monoisotopic (exact) mass is 458 g/mol. The van der Waals surface area contributed by atoms with Crippen LogP contribution in [0.25, 0.3) is 0 Å². The minimum absolute atomic E-state index is 1.32. The molecule has 0 heterocycles. The van der Waals surface area contributed by atoms with Crippen molar-refractivity contribution >= 4 is 9.12 Å². The molecular formula is C9H9F15N2Si. The van der Waals surface area contributed by atoms with E-state index < -0.39 is 63.3 Å². The van der Waals surface area contributed by atoms with E-state index in [1.165, 1.54) is 0 Å². The van der Waals surface area contributed by atoms with Crippen LogP contribution in [-0.2, 0) is 0 Å². The van der Waals surface area contributed by atoms with Crippen LogP contribution in [0.1, 0.15) is 6.42 Å². The molecule has 2 nitrogen and oxygen atoms in total. The van der Waals surface area contributed by atoms with Gasteiger partial charge in [-0.25, -0.2) is 0 Å². The fourth-order valence-electron chi connectivity index (χ4n) is 1.50. The van der Waals surface area contributed by atoms with Gasteiger partial charge in [-0.15, -0.1) is 0 Å². The molecule has 0 aliphatic carbocycles. The number of nitrogens with two attached hydrogens (primary N) is 2. The first-order valence-electron chi connectivity index (χ1n) is 6.26. The second-order valence-corrected chi connectivity index (χ2v) is 7.18. The van der Waals surface area contributed by atoms with Crippen molar-refractivity contribution in [3.8, 4) is 0 Å². The fraction of sp³-hybridized carbons (Fsp3) is 1.00. The zero-order valence-corrected chi connectivity index (χ0v) is 13.5. The minimum atomic E-state index is -8.26. The van der Waals surface area contributed by atoms with E-state index in [2.05, 4.69) is 0 Å². The average molecular weight is 458 g/mol. The van der Waals surface area contributed by atoms with Gasteiger partial charge in [0.25, 0.3) is 0 Å². The molecule has 0 bridgehead atoms. The van der Waals surface area contributed by atoms with Crippen molar-refractivity contribution in [3.05, 3.63) is 0 Å². The number of halogens is 15. The maximum atomic E-state index is 13.2. The van der Waals surface area contributed by atoms with Gasteiger partial charge in [0.05, 0.1) is 0 Å². The van der Waals surface area contributed by atoms with Gasteiger partial charge in [0, 0.05) is 6.42 Å². The van der Waals surface area contributed by atoms with Crippen LogP contribution in [0.5, 0.6) is 0 Å². The van der Waals surface area contributed by atoms with E-state index in [9.17, 15) is 65.9 Å². The van der Waals surface area contributed by atoms with Gasteiger partial charge < -0.3 is 10.8 Å². The lowest BCUT2D eigenvalue weighted by Crippen LogP contribution is -2.72. The third-order valence-electron chi connectivity index (χ3n) is 3.18. The van der Waals surface area contributed by atoms with Crippen molar-refractivity contribution in [2.75, 3.05) is 0 Å². The Balaban J connectivity index is 6.30. The van der Waals surface area contributed by atoms with Crippen molar-refractivity contribution in [1.82, 2.24) is 0 Å². The summed E-state index contributed by atoms with van der Waals surface area (Å²) in [5.74, 6) is -46.2. The summed E-state index contributed by atoms with van der Waals surface area (Å²) < 4.78 is 192. The van der Waals surface area contributed by atoms with Crippen molar-refractivity contribution in [3.63, 3.8) is 0 Å². The summed E-state index contributed by atoms with van der Waals surface area (Å²) in [6, 6.07) is -1.32. The molecule has 0 aromatic heterocycles. The van der Waals surface area contributed by atoms with Crippen LogP contribution >= 0.6 is 0 Å². The van der Waals surface area contributed by atoms with E-state index >= 15 is 0 Å². The van der Waals surface area contributed by atoms with Gasteiger partial charge in [-0.1, -0.05) is 0 Å². The first kappa shape index (κ1) is 26.1. The van der Waals surface area contributed by atoms with E-state index in [4.69, 9.17) is 10.8 Å². The molecule has 0 atom stereocenters. The molecule has 0 aromatic rings. The van der Waals surface area contributed by atoms with Crippen LogP contribution in [0.15, 0.2) is 0 Å². The highest BCUT2D eigenvalue weighted by atomic mass is 28.3. The lowest BCUT2D eigenvalue weighted by Gasteiger charge is -2.41. The van der Waals surface area contributed by atoms with E-state index in [0.29, 0.717) is 0 Å². The molecule has 0 spiro atoms. The second-order valence-electron chi connectivity index (χ2n) is 5.28. The highest BCUT2D eigenvalue weighted by Gasteiger charge is 2.93. The molecule has 0 unspecified atom stereocenters. The van der Waals surface area contributed by atoms with Crippen LogP contribution in [0.4, 0.5) is 65.9 Å². The molecule has 0 aliphatic rings. The van der Waals surface area contributed by atoms with Gasteiger partial charge in [0.2, 0.25) is 0 Å². The molecule has 27 heavy (non-hydrogen) atoms. The van der Waals surface area contributed by atoms with Crippen LogP contribution in [0.2, 0.25) is 6.04 Å². The number of alkyl halides is 15. The maximum absolute atomic E-state index is 13.2. The summed E-state index contributed by atoms with van der Waals surface area (Å²) in [4.78, 5) is 0. The van der Waals surface area contributed by atoms with Crippen molar-refractivity contribution in [1.29, 1.82) is 0 Å². The maximum Gasteiger partial charge on any atom is 0.460 e. The van der Waals surface area contributed by atoms with Gasteiger partial charge >= 0.3 is 41.7 Å². The third-order valence-corrected chi connectivity index (χ3v) is 4.14. The van der Waals surface area contributed by atoms with E-state index in [1.807, 2.05) is 0 Å². The molecule has 0 fully saturated rings. The zero-order valence-electron chi connectivity index (χ0n) is 12.3. The van der Waals surface area contributed by atoms with Crippen molar-refractivity contribution in [2.45, 2.75) is 54.2 Å². The summed E-state index contributed by atoms with van der Waals surface area (Å²) in [6.07, 6.45) is -10.1. The zero-order chi connectivity index (χ0) is 22.5. The molecule has 0 saturated heterocycles. The SMILES string of the molecule is N[SiH](N)CCC(F)(F)C(F)(F)C(F)(F)C(F)(F)C(F)(F)C(F)(F)C(F)(F)F. The lowest BCUT2D eigenvalue weighted by molar-refractivity contribution is -0.452. The normalized spacial score (nSPS) is 16.2. The predicted molar refractivity (Wildman–Crippen MR) is 60.7 cm³/mol. The van der Waals surface area contributed by atoms with Gasteiger partial charge in [-0.05, 0) is 6.04 Å². The number of rotatable bonds is 8. The van der Waals surface area contributed by atoms with E-state index in [0.717, 1.165) is 0 Å². The largest absolute Gasteiger partial charge is 0.460 e. The quantitative estimate of drug-likeness (QED) is 0.429. The summed E-state index contributed by atoms with van der Waals surface area (Å²) in [7, 11) is -3.18. The molecular weight excluding hydrogens is 449 g/mol. The van der Waals surface area contributed by atoms with Crippen LogP contribution in [-0.4, -0.2) is 50.8 Å². The van der Waals surface area contributed by atoms with Gasteiger partial charge in [0.15, 0.2) is 9.12 Å². The van der Waals surface area contributed by atoms with Crippen LogP contribution in [0, 0.1) is 0 Å². The molecule has 0 aromatic carbocycles. The lowest BCUT2D eigenvalue weighted by atomic mass is 9.90. The standard InChI is InChI=1S/C9H9F15N2Si/c10-3(11,1-2-27(25)26)4(12,13)5(14,15)6(16,17)7(18,19)8(20,21)9(22,23)24/h27H,1-2,25-26H2. The number of hydrogen-bond donors (Lipinski definition) is 2. The first-order valence-corrected chi connectivity index (χ1v) is 8.41. The van der Waals surface area contributed by atoms with E-state index in [1.54, 1.807) is 0 Å². The highest BCUT2D eigenvalue weighted by Crippen LogP contribution is 2.62. The molecule has 18 heteroatoms. The van der Waals surface area contributed by atoms with Gasteiger partial charge in [0.1, 0.15) is 0 Å². The summed E-state index contributed by atoms with van der Waals surface area (Å²) >= 11 is 0. The Labute approximate surface area is 141 Å². The summed E-state index contributed by atoms with van der Waals surface area (Å²) in [5, 5.41) is 9.54. The van der Waals surface area contributed by atoms with E-state index in [-0.39, 0.29) is 0 Å². The summed E-state index contributed by atoms with van der Waals surface area (Å²) in [5.41, 5.74) is 0. The molecule has 0 radical (unpaired) electrons. The Morgan fingerprint density at radius 3 is 1.07 bits per heavy atom. The Hall–Kier alpha value is -0.913. The second kappa shape index (κ2) is 6.85. The molecule has 0 amide bonds. The average Bonchev–Trinajstić information content (AvgIpc) is 2.42. The Bertz CT molecular complexity index is 526. The Kier molecular flexibility index (Phi) is 6.62. The molecule has 0 saturated carbocycles. The smallest absolute Gasteiger partial charge is 0.342 e. The first-order chi connectivity index (χ1) is 11.4. The number of hydrogen-bond acceptors (Lipinski definition) is 2. The Morgan fingerprint density at radius 2 is 0.778 bits per heavy atom. The molecule has 0 aliphatic heterocycles. The van der Waals surface area contributed by atoms with Crippen LogP contribution < -0.4 is 10.8 Å². The topological polar surface area (TPSA) is 52.0 Å². The fourth-order valence-corrected chi connectivity index (χ4v) is 2.20. The molecule has 164 valence electrons. The van der Waals surface area contributed by atoms with Crippen molar-refractivity contribution < 1.29 is 65.9 Å².